The van der Waals surface area contributed by atoms with Gasteiger partial charge in [0, 0.05) is 0 Å². The van der Waals surface area contributed by atoms with E-state index in [0.29, 0.717) is 16.0 Å². The summed E-state index contributed by atoms with van der Waals surface area (Å²) in [5.41, 5.74) is 7.84. The molecule has 2 N–H and O–H groups in total. The first-order valence-electron chi connectivity index (χ1n) is 5.73. The van der Waals surface area contributed by atoms with Gasteiger partial charge in [0.2, 0.25) is 15.8 Å². The Morgan fingerprint density at radius 1 is 1.00 bits per heavy atom. The van der Waals surface area contributed by atoms with Crippen LogP contribution in [-0.4, -0.2) is 18.4 Å². The Kier molecular flexibility index (Phi) is 3.28. The predicted octanol–water partition coefficient (Wildman–Crippen LogP) is 1.82. The standard InChI is InChI=1S/C13H15N3O2S/c1-8-4-9(2)12(10(3)5-8)19(17,18)11-6-15-13(14)16-7-11/h4-7H,1-3H3,(H2,14,15,16). The van der Waals surface area contributed by atoms with Crippen LogP contribution in [0.2, 0.25) is 0 Å². The number of hydrogen-bond acceptors (Lipinski definition) is 5. The zero-order chi connectivity index (χ0) is 14.2. The van der Waals surface area contributed by atoms with Gasteiger partial charge in [-0.15, -0.1) is 0 Å². The molecule has 0 atom stereocenters. The molecule has 100 valence electrons. The normalized spacial score (nSPS) is 11.5. The van der Waals surface area contributed by atoms with E-state index in [1.165, 1.54) is 12.4 Å². The van der Waals surface area contributed by atoms with E-state index in [2.05, 4.69) is 9.97 Å². The molecule has 6 heteroatoms. The number of sulfone groups is 1. The summed E-state index contributed by atoms with van der Waals surface area (Å²) >= 11 is 0. The SMILES string of the molecule is Cc1cc(C)c(S(=O)(=O)c2cnc(N)nc2)c(C)c1. The van der Waals surface area contributed by atoms with E-state index in [1.54, 1.807) is 13.8 Å². The third-order valence-corrected chi connectivity index (χ3v) is 4.84. The minimum Gasteiger partial charge on any atom is -0.368 e. The first-order valence-corrected chi connectivity index (χ1v) is 7.21. The van der Waals surface area contributed by atoms with Crippen LogP contribution in [0, 0.1) is 20.8 Å². The molecular formula is C13H15N3O2S. The summed E-state index contributed by atoms with van der Waals surface area (Å²) in [4.78, 5) is 7.83. The van der Waals surface area contributed by atoms with Gasteiger partial charge < -0.3 is 5.73 Å². The minimum absolute atomic E-state index is 0.0521. The van der Waals surface area contributed by atoms with Crippen molar-refractivity contribution in [3.05, 3.63) is 41.2 Å². The van der Waals surface area contributed by atoms with Gasteiger partial charge in [-0.25, -0.2) is 18.4 Å². The second-order valence-corrected chi connectivity index (χ2v) is 6.39. The zero-order valence-corrected chi connectivity index (χ0v) is 11.8. The molecule has 0 aliphatic heterocycles. The molecule has 1 aromatic carbocycles. The number of aryl methyl sites for hydroxylation is 3. The summed E-state index contributed by atoms with van der Waals surface area (Å²) in [6.07, 6.45) is 2.47. The van der Waals surface area contributed by atoms with Gasteiger partial charge in [0.1, 0.15) is 4.90 Å². The van der Waals surface area contributed by atoms with Crippen molar-refractivity contribution >= 4 is 15.8 Å². The highest BCUT2D eigenvalue weighted by Gasteiger charge is 2.23. The average Bonchev–Trinajstić information content (AvgIpc) is 2.27. The fourth-order valence-corrected chi connectivity index (χ4v) is 3.76. The molecule has 5 nitrogen and oxygen atoms in total. The molecule has 1 aromatic heterocycles. The molecule has 0 saturated carbocycles. The van der Waals surface area contributed by atoms with Crippen molar-refractivity contribution in [3.63, 3.8) is 0 Å². The van der Waals surface area contributed by atoms with Gasteiger partial charge in [0.15, 0.2) is 0 Å². The molecule has 0 radical (unpaired) electrons. The van der Waals surface area contributed by atoms with Gasteiger partial charge in [-0.2, -0.15) is 0 Å². The average molecular weight is 277 g/mol. The van der Waals surface area contributed by atoms with E-state index in [1.807, 2.05) is 19.1 Å². The van der Waals surface area contributed by atoms with E-state index in [0.717, 1.165) is 5.56 Å². The van der Waals surface area contributed by atoms with Gasteiger partial charge in [-0.3, -0.25) is 0 Å². The van der Waals surface area contributed by atoms with Gasteiger partial charge >= 0.3 is 0 Å². The predicted molar refractivity (Wildman–Crippen MR) is 72.5 cm³/mol. The first-order chi connectivity index (χ1) is 8.82. The largest absolute Gasteiger partial charge is 0.368 e. The number of nitrogens with two attached hydrogens (primary N) is 1. The monoisotopic (exact) mass is 277 g/mol. The maximum atomic E-state index is 12.6. The summed E-state index contributed by atoms with van der Waals surface area (Å²) in [5.74, 6) is 0.0521. The molecule has 0 bridgehead atoms. The Hall–Kier alpha value is -1.95. The molecule has 0 unspecified atom stereocenters. The summed E-state index contributed by atoms with van der Waals surface area (Å²) in [6, 6.07) is 3.69. The van der Waals surface area contributed by atoms with Gasteiger partial charge in [-0.1, -0.05) is 17.7 Å². The lowest BCUT2D eigenvalue weighted by molar-refractivity contribution is 0.594. The lowest BCUT2D eigenvalue weighted by Crippen LogP contribution is -2.08. The molecule has 2 aromatic rings. The highest BCUT2D eigenvalue weighted by Crippen LogP contribution is 2.27. The summed E-state index contributed by atoms with van der Waals surface area (Å²) in [6.45, 7) is 5.50. The number of hydrogen-bond donors (Lipinski definition) is 1. The van der Waals surface area contributed by atoms with Crippen molar-refractivity contribution in [2.24, 2.45) is 0 Å². The number of rotatable bonds is 2. The number of nitrogen functional groups attached to an aromatic ring is 1. The second-order valence-electron chi connectivity index (χ2n) is 4.51. The van der Waals surface area contributed by atoms with Gasteiger partial charge in [0.05, 0.1) is 17.3 Å². The topological polar surface area (TPSA) is 85.9 Å². The van der Waals surface area contributed by atoms with Crippen LogP contribution in [0.1, 0.15) is 16.7 Å². The third-order valence-electron chi connectivity index (χ3n) is 2.83. The lowest BCUT2D eigenvalue weighted by atomic mass is 10.1. The first kappa shape index (κ1) is 13.5. The van der Waals surface area contributed by atoms with E-state index < -0.39 is 9.84 Å². The Morgan fingerprint density at radius 2 is 1.47 bits per heavy atom. The Bertz CT molecular complexity index is 699. The maximum Gasteiger partial charge on any atom is 0.219 e. The van der Waals surface area contributed by atoms with E-state index in [9.17, 15) is 8.42 Å². The van der Waals surface area contributed by atoms with Crippen molar-refractivity contribution in [1.82, 2.24) is 9.97 Å². The van der Waals surface area contributed by atoms with Crippen LogP contribution in [0.25, 0.3) is 0 Å². The van der Waals surface area contributed by atoms with Crippen LogP contribution >= 0.6 is 0 Å². The fourth-order valence-electron chi connectivity index (χ4n) is 2.17. The summed E-state index contributed by atoms with van der Waals surface area (Å²) in [5, 5.41) is 0. The Labute approximate surface area is 112 Å². The van der Waals surface area contributed by atoms with Crippen LogP contribution in [0.3, 0.4) is 0 Å². The van der Waals surface area contributed by atoms with Crippen LogP contribution in [0.4, 0.5) is 5.95 Å². The molecule has 0 amide bonds. The quantitative estimate of drug-likeness (QED) is 0.904. The smallest absolute Gasteiger partial charge is 0.219 e. The van der Waals surface area contributed by atoms with Crippen molar-refractivity contribution in [3.8, 4) is 0 Å². The Balaban J connectivity index is 2.67. The fraction of sp³-hybridized carbons (Fsp3) is 0.231. The molecule has 2 rings (SSSR count). The summed E-state index contributed by atoms with van der Waals surface area (Å²) in [7, 11) is -3.61. The maximum absolute atomic E-state index is 12.6. The van der Waals surface area contributed by atoms with Crippen molar-refractivity contribution in [1.29, 1.82) is 0 Å². The molecule has 0 fully saturated rings. The molecule has 0 spiro atoms. The lowest BCUT2D eigenvalue weighted by Gasteiger charge is -2.11. The van der Waals surface area contributed by atoms with E-state index in [-0.39, 0.29) is 10.8 Å². The molecule has 1 heterocycles. The van der Waals surface area contributed by atoms with Crippen LogP contribution in [0.15, 0.2) is 34.3 Å². The number of anilines is 1. The Morgan fingerprint density at radius 3 is 1.95 bits per heavy atom. The number of nitrogens with zero attached hydrogens (tertiary/aromatic N) is 2. The highest BCUT2D eigenvalue weighted by atomic mass is 32.2. The van der Waals surface area contributed by atoms with E-state index >= 15 is 0 Å². The molecular weight excluding hydrogens is 262 g/mol. The van der Waals surface area contributed by atoms with E-state index in [4.69, 9.17) is 5.73 Å². The summed E-state index contributed by atoms with van der Waals surface area (Å²) < 4.78 is 25.2. The molecule has 19 heavy (non-hydrogen) atoms. The second kappa shape index (κ2) is 4.62. The van der Waals surface area contributed by atoms with Crippen LogP contribution < -0.4 is 5.73 Å². The highest BCUT2D eigenvalue weighted by molar-refractivity contribution is 7.91. The molecule has 0 aliphatic rings. The van der Waals surface area contributed by atoms with Gasteiger partial charge in [0.25, 0.3) is 0 Å². The zero-order valence-electron chi connectivity index (χ0n) is 11.0. The van der Waals surface area contributed by atoms with Crippen molar-refractivity contribution in [2.75, 3.05) is 5.73 Å². The third kappa shape index (κ3) is 2.44. The number of aromatic nitrogens is 2. The van der Waals surface area contributed by atoms with Gasteiger partial charge in [-0.05, 0) is 31.9 Å². The molecule has 0 aliphatic carbocycles. The van der Waals surface area contributed by atoms with Crippen LogP contribution in [-0.2, 0) is 9.84 Å². The van der Waals surface area contributed by atoms with Crippen molar-refractivity contribution < 1.29 is 8.42 Å². The minimum atomic E-state index is -3.61. The van der Waals surface area contributed by atoms with Crippen molar-refractivity contribution in [2.45, 2.75) is 30.6 Å². The number of benzene rings is 1. The molecule has 0 saturated heterocycles. The van der Waals surface area contributed by atoms with Crippen LogP contribution in [0.5, 0.6) is 0 Å².